The maximum Gasteiger partial charge on any atom is 0.416 e. The molecule has 2 aromatic heterocycles. The normalized spacial score (nSPS) is 14.8. The summed E-state index contributed by atoms with van der Waals surface area (Å²) < 4.78 is 49.0. The van der Waals surface area contributed by atoms with Crippen molar-refractivity contribution < 1.29 is 22.7 Å². The summed E-state index contributed by atoms with van der Waals surface area (Å²) in [7, 11) is 0. The molecule has 0 bridgehead atoms. The number of nitrogens with zero attached hydrogens (tertiary/aromatic N) is 5. The summed E-state index contributed by atoms with van der Waals surface area (Å²) in [5.41, 5.74) is -0.108. The van der Waals surface area contributed by atoms with Crippen molar-refractivity contribution >= 4 is 17.5 Å². The Morgan fingerprint density at radius 3 is 2.54 bits per heavy atom. The van der Waals surface area contributed by atoms with Crippen molar-refractivity contribution in [2.24, 2.45) is 4.99 Å². The first-order valence-electron chi connectivity index (χ1n) is 12.9. The van der Waals surface area contributed by atoms with E-state index in [0.29, 0.717) is 29.7 Å². The van der Waals surface area contributed by atoms with Gasteiger partial charge < -0.3 is 4.74 Å². The first-order chi connectivity index (χ1) is 18.6. The molecule has 0 N–H and O–H groups in total. The van der Waals surface area contributed by atoms with E-state index in [-0.39, 0.29) is 44.0 Å². The minimum atomic E-state index is -4.46. The van der Waals surface area contributed by atoms with E-state index in [1.54, 1.807) is 19.2 Å². The molecule has 1 atom stereocenters. The van der Waals surface area contributed by atoms with Gasteiger partial charge in [-0.15, -0.1) is 0 Å². The van der Waals surface area contributed by atoms with Crippen molar-refractivity contribution in [3.63, 3.8) is 0 Å². The molecule has 0 amide bonds. The molecule has 1 aliphatic heterocycles. The Labute approximate surface area is 222 Å². The summed E-state index contributed by atoms with van der Waals surface area (Å²) in [5, 5.41) is 4.29. The van der Waals surface area contributed by atoms with Crippen LogP contribution in [0.25, 0.3) is 0 Å². The van der Waals surface area contributed by atoms with Crippen LogP contribution in [-0.2, 0) is 35.3 Å². The Morgan fingerprint density at radius 2 is 1.87 bits per heavy atom. The van der Waals surface area contributed by atoms with Crippen LogP contribution in [0.3, 0.4) is 0 Å². The maximum atomic E-state index is 13.5. The number of rotatable bonds is 10. The lowest BCUT2D eigenvalue weighted by atomic mass is 9.95. The summed E-state index contributed by atoms with van der Waals surface area (Å²) in [6.07, 6.45) is 0.0438. The van der Waals surface area contributed by atoms with E-state index in [1.165, 1.54) is 26.1 Å². The van der Waals surface area contributed by atoms with Gasteiger partial charge in [-0.1, -0.05) is 26.0 Å². The first-order valence-corrected chi connectivity index (χ1v) is 12.9. The molecule has 39 heavy (non-hydrogen) atoms. The molecular weight excluding hydrogens is 515 g/mol. The monoisotopic (exact) mass is 545 g/mol. The molecule has 0 saturated heterocycles. The number of aromatic nitrogens is 4. The van der Waals surface area contributed by atoms with Gasteiger partial charge in [-0.25, -0.2) is 9.79 Å². The molecule has 3 heterocycles. The number of halogens is 3. The number of fused-ring (bicyclic) bond motifs is 1. The Balaban J connectivity index is 1.74. The Kier molecular flexibility index (Phi) is 8.22. The largest absolute Gasteiger partial charge is 0.465 e. The van der Waals surface area contributed by atoms with Crippen molar-refractivity contribution in [2.75, 3.05) is 6.61 Å². The van der Waals surface area contributed by atoms with Crippen molar-refractivity contribution in [3.05, 3.63) is 79.8 Å². The molecule has 0 aliphatic carbocycles. The van der Waals surface area contributed by atoms with Crippen LogP contribution in [0.1, 0.15) is 68.2 Å². The number of carbonyl (C=O) groups is 1. The smallest absolute Gasteiger partial charge is 0.416 e. The predicted octanol–water partition coefficient (Wildman–Crippen LogP) is 4.26. The summed E-state index contributed by atoms with van der Waals surface area (Å²) in [6, 6.07) is 4.99. The number of hydrogen-bond acceptors (Lipinski definition) is 6. The van der Waals surface area contributed by atoms with Gasteiger partial charge in [0.15, 0.2) is 0 Å². The third-order valence-corrected chi connectivity index (χ3v) is 6.50. The zero-order valence-electron chi connectivity index (χ0n) is 22.0. The van der Waals surface area contributed by atoms with Gasteiger partial charge in [0.05, 0.1) is 35.5 Å². The third-order valence-electron chi connectivity index (χ3n) is 6.50. The SMILES string of the molecule is CCCC(=O)OCC1C(c2cnn(Cc3cccc(C(F)(F)F)c3)c2)=Nc2c1c(=O)n(CCC)c(=O)n2CC. The zero-order valence-corrected chi connectivity index (χ0v) is 22.0. The van der Waals surface area contributed by atoms with Crippen LogP contribution in [-0.4, -0.2) is 37.2 Å². The molecule has 4 rings (SSSR count). The molecule has 208 valence electrons. The van der Waals surface area contributed by atoms with E-state index in [2.05, 4.69) is 10.1 Å². The topological polar surface area (TPSA) is 100 Å². The van der Waals surface area contributed by atoms with Crippen LogP contribution < -0.4 is 11.2 Å². The van der Waals surface area contributed by atoms with E-state index in [1.807, 2.05) is 13.8 Å². The summed E-state index contributed by atoms with van der Waals surface area (Å²) in [5.74, 6) is -0.929. The molecule has 0 spiro atoms. The van der Waals surface area contributed by atoms with Gasteiger partial charge in [-0.05, 0) is 37.5 Å². The summed E-state index contributed by atoms with van der Waals surface area (Å²) >= 11 is 0. The lowest BCUT2D eigenvalue weighted by Gasteiger charge is -2.16. The fourth-order valence-electron chi connectivity index (χ4n) is 4.67. The second-order valence-corrected chi connectivity index (χ2v) is 9.33. The van der Waals surface area contributed by atoms with Crippen LogP contribution in [0, 0.1) is 0 Å². The molecule has 3 aromatic rings. The standard InChI is InChI=1S/C27H30F3N5O4/c1-4-8-21(36)39-16-20-22-24(34(6-3)26(38)35(11-5-2)25(22)37)32-23(20)18-13-31-33(15-18)14-17-9-7-10-19(12-17)27(28,29)30/h7,9-10,12-13,15,20H,4-6,8,11,14,16H2,1-3H3. The minimum Gasteiger partial charge on any atom is -0.465 e. The number of carbonyl (C=O) groups excluding carboxylic acids is 1. The fourth-order valence-corrected chi connectivity index (χ4v) is 4.67. The highest BCUT2D eigenvalue weighted by atomic mass is 19.4. The Morgan fingerprint density at radius 1 is 1.10 bits per heavy atom. The van der Waals surface area contributed by atoms with Crippen LogP contribution in [0.15, 0.2) is 51.2 Å². The summed E-state index contributed by atoms with van der Waals surface area (Å²) in [6.45, 7) is 5.92. The second-order valence-electron chi connectivity index (χ2n) is 9.33. The third kappa shape index (κ3) is 5.74. The molecule has 1 aromatic carbocycles. The first kappa shape index (κ1) is 28.1. The fraction of sp³-hybridized carbons (Fsp3) is 0.444. The van der Waals surface area contributed by atoms with Gasteiger partial charge in [0.1, 0.15) is 12.4 Å². The van der Waals surface area contributed by atoms with Gasteiger partial charge >= 0.3 is 17.8 Å². The molecule has 0 fully saturated rings. The van der Waals surface area contributed by atoms with Crippen molar-refractivity contribution in [1.29, 1.82) is 0 Å². The van der Waals surface area contributed by atoms with Crippen LogP contribution in [0.4, 0.5) is 19.0 Å². The highest BCUT2D eigenvalue weighted by Gasteiger charge is 2.36. The van der Waals surface area contributed by atoms with E-state index in [0.717, 1.165) is 12.1 Å². The van der Waals surface area contributed by atoms with E-state index >= 15 is 0 Å². The average molecular weight is 546 g/mol. The quantitative estimate of drug-likeness (QED) is 0.355. The number of alkyl halides is 3. The molecular formula is C27H30F3N5O4. The Hall–Kier alpha value is -3.96. The Bertz CT molecular complexity index is 1520. The lowest BCUT2D eigenvalue weighted by molar-refractivity contribution is -0.143. The average Bonchev–Trinajstić information content (AvgIpc) is 3.50. The number of aliphatic imine (C=N–C) groups is 1. The van der Waals surface area contributed by atoms with E-state index in [4.69, 9.17) is 4.74 Å². The summed E-state index contributed by atoms with van der Waals surface area (Å²) in [4.78, 5) is 43.4. The van der Waals surface area contributed by atoms with Gasteiger partial charge in [-0.2, -0.15) is 18.3 Å². The molecule has 0 radical (unpaired) electrons. The molecule has 9 nitrogen and oxygen atoms in total. The molecule has 1 aliphatic rings. The number of hydrogen-bond donors (Lipinski definition) is 0. The van der Waals surface area contributed by atoms with E-state index in [9.17, 15) is 27.6 Å². The lowest BCUT2D eigenvalue weighted by Crippen LogP contribution is -2.42. The maximum absolute atomic E-state index is 13.5. The van der Waals surface area contributed by atoms with Crippen LogP contribution >= 0.6 is 0 Å². The van der Waals surface area contributed by atoms with Crippen LogP contribution in [0.5, 0.6) is 0 Å². The van der Waals surface area contributed by atoms with E-state index < -0.39 is 34.9 Å². The van der Waals surface area contributed by atoms with Gasteiger partial charge in [0, 0.05) is 31.3 Å². The number of benzene rings is 1. The molecule has 12 heteroatoms. The zero-order chi connectivity index (χ0) is 28.3. The highest BCUT2D eigenvalue weighted by Crippen LogP contribution is 2.35. The molecule has 1 unspecified atom stereocenters. The van der Waals surface area contributed by atoms with Gasteiger partial charge in [0.2, 0.25) is 0 Å². The second kappa shape index (κ2) is 11.4. The van der Waals surface area contributed by atoms with Crippen molar-refractivity contribution in [2.45, 2.75) is 71.8 Å². The highest BCUT2D eigenvalue weighted by molar-refractivity contribution is 6.09. The number of esters is 1. The van der Waals surface area contributed by atoms with Crippen molar-refractivity contribution in [3.8, 4) is 0 Å². The minimum absolute atomic E-state index is 0.0727. The van der Waals surface area contributed by atoms with Gasteiger partial charge in [0.25, 0.3) is 5.56 Å². The molecule has 0 saturated carbocycles. The van der Waals surface area contributed by atoms with Gasteiger partial charge in [-0.3, -0.25) is 23.4 Å². The van der Waals surface area contributed by atoms with Crippen molar-refractivity contribution in [1.82, 2.24) is 18.9 Å². The predicted molar refractivity (Wildman–Crippen MR) is 139 cm³/mol. The van der Waals surface area contributed by atoms with Crippen LogP contribution in [0.2, 0.25) is 0 Å². The number of ether oxygens (including phenoxy) is 1.